The Balaban J connectivity index is 1.41. The van der Waals surface area contributed by atoms with Crippen LogP contribution in [0.5, 0.6) is 0 Å². The van der Waals surface area contributed by atoms with E-state index >= 15 is 0 Å². The Morgan fingerprint density at radius 2 is 1.48 bits per heavy atom. The topological polar surface area (TPSA) is 58.0 Å². The first-order valence-electron chi connectivity index (χ1n) is 8.27. The lowest BCUT2D eigenvalue weighted by Gasteiger charge is -2.35. The van der Waals surface area contributed by atoms with Crippen molar-refractivity contribution in [2.45, 2.75) is 25.4 Å². The number of aromatic nitrogens is 4. The summed E-state index contributed by atoms with van der Waals surface area (Å²) >= 11 is 0. The highest BCUT2D eigenvalue weighted by Crippen LogP contribution is 2.28. The quantitative estimate of drug-likeness (QED) is 0.827. The molecule has 2 aliphatic rings. The Morgan fingerprint density at radius 3 is 2.12 bits per heavy atom. The van der Waals surface area contributed by atoms with E-state index < -0.39 is 11.9 Å². The van der Waals surface area contributed by atoms with Crippen molar-refractivity contribution in [2.75, 3.05) is 36.0 Å². The molecule has 0 radical (unpaired) electrons. The van der Waals surface area contributed by atoms with Crippen LogP contribution in [0, 0.1) is 0 Å². The van der Waals surface area contributed by atoms with Crippen LogP contribution in [0.3, 0.4) is 0 Å². The van der Waals surface area contributed by atoms with Crippen molar-refractivity contribution in [1.82, 2.24) is 20.4 Å². The van der Waals surface area contributed by atoms with Crippen LogP contribution in [-0.4, -0.2) is 46.6 Å². The van der Waals surface area contributed by atoms with Gasteiger partial charge in [0, 0.05) is 26.2 Å². The van der Waals surface area contributed by atoms with Gasteiger partial charge in [0.05, 0.1) is 5.69 Å². The Hall–Kier alpha value is -2.45. The minimum absolute atomic E-state index is 0.465. The third kappa shape index (κ3) is 3.22. The molecule has 1 fully saturated rings. The maximum Gasteiger partial charge on any atom is 0.435 e. The molecule has 25 heavy (non-hydrogen) atoms. The lowest BCUT2D eigenvalue weighted by molar-refractivity contribution is -0.141. The highest BCUT2D eigenvalue weighted by Gasteiger charge is 2.33. The van der Waals surface area contributed by atoms with E-state index in [1.54, 1.807) is 0 Å². The van der Waals surface area contributed by atoms with Gasteiger partial charge in [0.25, 0.3) is 0 Å². The van der Waals surface area contributed by atoms with Gasteiger partial charge in [-0.15, -0.1) is 15.3 Å². The van der Waals surface area contributed by atoms with Crippen molar-refractivity contribution in [3.05, 3.63) is 35.2 Å². The van der Waals surface area contributed by atoms with Gasteiger partial charge in [-0.25, -0.2) is 0 Å². The molecule has 1 aliphatic heterocycles. The molecule has 2 aromatic heterocycles. The summed E-state index contributed by atoms with van der Waals surface area (Å²) in [6.07, 6.45) is -1.27. The molecule has 6 nitrogen and oxygen atoms in total. The smallest absolute Gasteiger partial charge is 0.352 e. The lowest BCUT2D eigenvalue weighted by atomic mass is 10.2. The Bertz CT molecular complexity index is 753. The molecule has 0 unspecified atom stereocenters. The van der Waals surface area contributed by atoms with E-state index in [-0.39, 0.29) is 0 Å². The van der Waals surface area contributed by atoms with Crippen LogP contribution in [0.2, 0.25) is 0 Å². The monoisotopic (exact) mass is 350 g/mol. The minimum atomic E-state index is -4.46. The van der Waals surface area contributed by atoms with E-state index in [2.05, 4.69) is 31.4 Å². The molecule has 4 rings (SSSR count). The summed E-state index contributed by atoms with van der Waals surface area (Å²) in [5.41, 5.74) is 1.41. The number of piperazine rings is 1. The highest BCUT2D eigenvalue weighted by molar-refractivity contribution is 5.46. The van der Waals surface area contributed by atoms with Gasteiger partial charge >= 0.3 is 6.18 Å². The van der Waals surface area contributed by atoms with Crippen LogP contribution >= 0.6 is 0 Å². The highest BCUT2D eigenvalue weighted by atomic mass is 19.4. The van der Waals surface area contributed by atoms with Crippen molar-refractivity contribution < 1.29 is 13.2 Å². The van der Waals surface area contributed by atoms with E-state index in [9.17, 15) is 13.2 Å². The Kier molecular flexibility index (Phi) is 3.93. The number of aryl methyl sites for hydroxylation is 2. The van der Waals surface area contributed by atoms with Gasteiger partial charge in [0.15, 0.2) is 17.3 Å². The van der Waals surface area contributed by atoms with Crippen LogP contribution in [0.25, 0.3) is 0 Å². The van der Waals surface area contributed by atoms with Gasteiger partial charge in [-0.2, -0.15) is 18.3 Å². The maximum absolute atomic E-state index is 12.6. The molecular weight excluding hydrogens is 333 g/mol. The number of halogens is 3. The molecule has 0 bridgehead atoms. The minimum Gasteiger partial charge on any atom is -0.352 e. The lowest BCUT2D eigenvalue weighted by Crippen LogP contribution is -2.47. The summed E-state index contributed by atoms with van der Waals surface area (Å²) in [6.45, 7) is 2.74. The zero-order chi connectivity index (χ0) is 17.4. The van der Waals surface area contributed by atoms with Crippen molar-refractivity contribution in [2.24, 2.45) is 0 Å². The fraction of sp³-hybridized carbons (Fsp3) is 0.500. The number of anilines is 2. The van der Waals surface area contributed by atoms with Crippen LogP contribution in [0.4, 0.5) is 24.8 Å². The van der Waals surface area contributed by atoms with Gasteiger partial charge in [-0.3, -0.25) is 0 Å². The first kappa shape index (κ1) is 16.0. The number of fused-ring (bicyclic) bond motifs is 1. The summed E-state index contributed by atoms with van der Waals surface area (Å²) in [7, 11) is 0. The maximum atomic E-state index is 12.6. The van der Waals surface area contributed by atoms with Crippen LogP contribution in [-0.2, 0) is 19.0 Å². The van der Waals surface area contributed by atoms with Crippen LogP contribution in [0.15, 0.2) is 18.2 Å². The molecule has 0 aromatic carbocycles. The molecule has 3 heterocycles. The summed E-state index contributed by atoms with van der Waals surface area (Å²) in [6, 6.07) is 4.46. The van der Waals surface area contributed by atoms with Gasteiger partial charge in [-0.1, -0.05) is 0 Å². The number of hydrogen-bond acceptors (Lipinski definition) is 6. The van der Waals surface area contributed by atoms with Crippen molar-refractivity contribution >= 4 is 11.6 Å². The first-order valence-corrected chi connectivity index (χ1v) is 8.27. The van der Waals surface area contributed by atoms with E-state index in [1.807, 2.05) is 4.90 Å². The molecule has 9 heteroatoms. The van der Waals surface area contributed by atoms with Crippen molar-refractivity contribution in [3.63, 3.8) is 0 Å². The van der Waals surface area contributed by atoms with Gasteiger partial charge in [-0.05, 0) is 43.0 Å². The normalized spacial score (nSPS) is 17.7. The standard InChI is InChI=1S/C16H17F3N6/c17-16(18,19)13-4-5-14(22-21-13)24-6-8-25(9-7-24)15-10-11-2-1-3-12(11)20-23-15/h4-5,10H,1-3,6-9H2. The zero-order valence-electron chi connectivity index (χ0n) is 13.5. The molecule has 0 atom stereocenters. The molecule has 132 valence electrons. The number of nitrogens with zero attached hydrogens (tertiary/aromatic N) is 6. The van der Waals surface area contributed by atoms with Crippen molar-refractivity contribution in [1.29, 1.82) is 0 Å². The molecule has 0 amide bonds. The second-order valence-electron chi connectivity index (χ2n) is 6.28. The van der Waals surface area contributed by atoms with Gasteiger partial charge < -0.3 is 9.80 Å². The van der Waals surface area contributed by atoms with Gasteiger partial charge in [0.1, 0.15) is 0 Å². The second kappa shape index (κ2) is 6.12. The molecule has 0 spiro atoms. The second-order valence-corrected chi connectivity index (χ2v) is 6.28. The van der Waals surface area contributed by atoms with Gasteiger partial charge in [0.2, 0.25) is 0 Å². The molecular formula is C16H17F3N6. The van der Waals surface area contributed by atoms with Crippen LogP contribution in [0.1, 0.15) is 23.4 Å². The molecule has 2 aromatic rings. The molecule has 0 saturated carbocycles. The average molecular weight is 350 g/mol. The van der Waals surface area contributed by atoms with E-state index in [4.69, 9.17) is 0 Å². The van der Waals surface area contributed by atoms with E-state index in [0.29, 0.717) is 18.9 Å². The third-order valence-electron chi connectivity index (χ3n) is 4.68. The van der Waals surface area contributed by atoms with E-state index in [0.717, 1.165) is 49.9 Å². The fourth-order valence-electron chi connectivity index (χ4n) is 3.28. The molecule has 0 N–H and O–H groups in total. The summed E-state index contributed by atoms with van der Waals surface area (Å²) in [5, 5.41) is 15.6. The largest absolute Gasteiger partial charge is 0.435 e. The number of alkyl halides is 3. The third-order valence-corrected chi connectivity index (χ3v) is 4.68. The zero-order valence-corrected chi connectivity index (χ0v) is 13.5. The van der Waals surface area contributed by atoms with Crippen molar-refractivity contribution in [3.8, 4) is 0 Å². The Morgan fingerprint density at radius 1 is 0.800 bits per heavy atom. The molecule has 1 aliphatic carbocycles. The number of rotatable bonds is 2. The predicted molar refractivity (Wildman–Crippen MR) is 85.5 cm³/mol. The first-order chi connectivity index (χ1) is 12.0. The predicted octanol–water partition coefficient (Wildman–Crippen LogP) is 2.10. The average Bonchev–Trinajstić information content (AvgIpc) is 3.09. The van der Waals surface area contributed by atoms with Crippen LogP contribution < -0.4 is 9.80 Å². The summed E-state index contributed by atoms with van der Waals surface area (Å²) in [5.74, 6) is 1.34. The fourth-order valence-corrected chi connectivity index (χ4v) is 3.28. The summed E-state index contributed by atoms with van der Waals surface area (Å²) in [4.78, 5) is 4.09. The van der Waals surface area contributed by atoms with E-state index in [1.165, 1.54) is 11.6 Å². The summed E-state index contributed by atoms with van der Waals surface area (Å²) < 4.78 is 37.7. The molecule has 1 saturated heterocycles. The number of hydrogen-bond donors (Lipinski definition) is 0. The Labute approximate surface area is 142 Å². The SMILES string of the molecule is FC(F)(F)c1ccc(N2CCN(c3cc4c(nn3)CCC4)CC2)nn1.